The van der Waals surface area contributed by atoms with Crippen LogP contribution in [0.15, 0.2) is 29.5 Å². The van der Waals surface area contributed by atoms with Crippen LogP contribution in [-0.4, -0.2) is 59.0 Å². The molecule has 0 atom stereocenters. The van der Waals surface area contributed by atoms with Gasteiger partial charge in [-0.05, 0) is 28.8 Å². The van der Waals surface area contributed by atoms with Crippen molar-refractivity contribution in [2.75, 3.05) is 17.6 Å². The second-order valence-corrected chi connectivity index (χ2v) is 7.14. The molecule has 1 saturated carbocycles. The minimum Gasteiger partial charge on any atom is -0.383 e. The van der Waals surface area contributed by atoms with Gasteiger partial charge in [-0.15, -0.1) is 0 Å². The molecule has 0 unspecified atom stereocenters. The molecule has 2 amide bonds. The summed E-state index contributed by atoms with van der Waals surface area (Å²) in [5.41, 5.74) is 6.28. The van der Waals surface area contributed by atoms with Gasteiger partial charge in [0.05, 0.1) is 24.0 Å². The molecule has 0 saturated heterocycles. The number of nitrogen functional groups attached to an aromatic ring is 1. The topological polar surface area (TPSA) is 145 Å². The van der Waals surface area contributed by atoms with E-state index in [1.54, 1.807) is 4.90 Å². The Morgan fingerprint density at radius 1 is 1.29 bits per heavy atom. The summed E-state index contributed by atoms with van der Waals surface area (Å²) < 4.78 is 1.97. The van der Waals surface area contributed by atoms with Crippen molar-refractivity contribution in [1.29, 1.82) is 0 Å². The SMILES string of the molecule is Nc1ncnc2c1cnn2CC(=O)N(CC(=O)Nc1cncc(Br)n1)C1CC1. The number of halogens is 1. The molecule has 0 radical (unpaired) electrons. The van der Waals surface area contributed by atoms with Crippen LogP contribution < -0.4 is 11.1 Å². The van der Waals surface area contributed by atoms with Gasteiger partial charge in [0.2, 0.25) is 11.8 Å². The van der Waals surface area contributed by atoms with E-state index in [2.05, 4.69) is 46.3 Å². The van der Waals surface area contributed by atoms with Crippen LogP contribution >= 0.6 is 15.9 Å². The van der Waals surface area contributed by atoms with Crippen molar-refractivity contribution >= 4 is 50.4 Å². The number of hydrogen-bond acceptors (Lipinski definition) is 8. The number of aromatic nitrogens is 6. The summed E-state index contributed by atoms with van der Waals surface area (Å²) in [6.07, 6.45) is 7.53. The van der Waals surface area contributed by atoms with Gasteiger partial charge in [-0.25, -0.2) is 19.6 Å². The number of fused-ring (bicyclic) bond motifs is 1. The van der Waals surface area contributed by atoms with Crippen LogP contribution in [0, 0.1) is 0 Å². The number of nitrogens with zero attached hydrogens (tertiary/aromatic N) is 7. The highest BCUT2D eigenvalue weighted by Crippen LogP contribution is 2.27. The van der Waals surface area contributed by atoms with Crippen LogP contribution in [0.1, 0.15) is 12.8 Å². The molecular weight excluding hydrogens is 430 g/mol. The molecule has 144 valence electrons. The largest absolute Gasteiger partial charge is 0.383 e. The Hall–Kier alpha value is -3.15. The zero-order chi connectivity index (χ0) is 19.7. The molecule has 4 rings (SSSR count). The smallest absolute Gasteiger partial charge is 0.245 e. The lowest BCUT2D eigenvalue weighted by Crippen LogP contribution is -2.41. The van der Waals surface area contributed by atoms with E-state index in [9.17, 15) is 9.59 Å². The fourth-order valence-corrected chi connectivity index (χ4v) is 3.10. The minimum absolute atomic E-state index is 0.0412. The van der Waals surface area contributed by atoms with E-state index >= 15 is 0 Å². The number of hydrogen-bond donors (Lipinski definition) is 2. The van der Waals surface area contributed by atoms with Crippen LogP contribution in [0.3, 0.4) is 0 Å². The number of rotatable bonds is 6. The predicted molar refractivity (Wildman–Crippen MR) is 103 cm³/mol. The Morgan fingerprint density at radius 3 is 2.86 bits per heavy atom. The lowest BCUT2D eigenvalue weighted by atomic mass is 10.4. The lowest BCUT2D eigenvalue weighted by Gasteiger charge is -2.21. The summed E-state index contributed by atoms with van der Waals surface area (Å²) in [6, 6.07) is 0.0494. The Balaban J connectivity index is 1.46. The Bertz CT molecular complexity index is 1050. The fourth-order valence-electron chi connectivity index (χ4n) is 2.79. The van der Waals surface area contributed by atoms with Gasteiger partial charge in [0.25, 0.3) is 0 Å². The molecule has 3 aromatic heterocycles. The first kappa shape index (κ1) is 18.2. The summed E-state index contributed by atoms with van der Waals surface area (Å²) in [7, 11) is 0. The van der Waals surface area contributed by atoms with E-state index in [0.29, 0.717) is 27.3 Å². The second-order valence-electron chi connectivity index (χ2n) is 6.33. The van der Waals surface area contributed by atoms with Crippen LogP contribution in [0.25, 0.3) is 11.0 Å². The molecule has 0 spiro atoms. The van der Waals surface area contributed by atoms with E-state index < -0.39 is 0 Å². The van der Waals surface area contributed by atoms with E-state index in [-0.39, 0.29) is 30.9 Å². The van der Waals surface area contributed by atoms with Crippen molar-refractivity contribution in [3.63, 3.8) is 0 Å². The Morgan fingerprint density at radius 2 is 2.11 bits per heavy atom. The third-order valence-electron chi connectivity index (χ3n) is 4.24. The average molecular weight is 446 g/mol. The number of nitrogens with one attached hydrogen (secondary N) is 1. The van der Waals surface area contributed by atoms with E-state index in [1.165, 1.54) is 29.6 Å². The standard InChI is InChI=1S/C16H16BrN9O2/c17-11-4-19-5-12(23-11)24-13(27)6-25(9-1-2-9)14(28)7-26-16-10(3-22-26)15(18)20-8-21-16/h3-5,8-9H,1-2,6-7H2,(H2,18,20,21)(H,23,24,27). The molecule has 11 nitrogen and oxygen atoms in total. The van der Waals surface area contributed by atoms with Gasteiger partial charge >= 0.3 is 0 Å². The highest BCUT2D eigenvalue weighted by atomic mass is 79.9. The van der Waals surface area contributed by atoms with Crippen LogP contribution in [0.5, 0.6) is 0 Å². The zero-order valence-electron chi connectivity index (χ0n) is 14.6. The fraction of sp³-hybridized carbons (Fsp3) is 0.312. The van der Waals surface area contributed by atoms with Crippen molar-refractivity contribution in [2.24, 2.45) is 0 Å². The maximum atomic E-state index is 12.8. The first-order chi connectivity index (χ1) is 13.5. The average Bonchev–Trinajstić information content (AvgIpc) is 3.41. The molecule has 0 aromatic carbocycles. The number of nitrogens with two attached hydrogens (primary N) is 1. The van der Waals surface area contributed by atoms with Gasteiger partial charge in [-0.2, -0.15) is 5.10 Å². The van der Waals surface area contributed by atoms with Crippen LogP contribution in [0.2, 0.25) is 0 Å². The molecule has 0 aliphatic heterocycles. The van der Waals surface area contributed by atoms with Gasteiger partial charge in [0.15, 0.2) is 11.5 Å². The number of carbonyl (C=O) groups excluding carboxylic acids is 2. The van der Waals surface area contributed by atoms with Crippen molar-refractivity contribution in [2.45, 2.75) is 25.4 Å². The van der Waals surface area contributed by atoms with E-state index in [0.717, 1.165) is 12.8 Å². The molecule has 1 aliphatic carbocycles. The summed E-state index contributed by atoms with van der Waals surface area (Å²) in [5, 5.41) is 7.41. The van der Waals surface area contributed by atoms with Crippen LogP contribution in [0.4, 0.5) is 11.6 Å². The first-order valence-corrected chi connectivity index (χ1v) is 9.29. The molecule has 28 heavy (non-hydrogen) atoms. The minimum atomic E-state index is -0.343. The summed E-state index contributed by atoms with van der Waals surface area (Å²) in [6.45, 7) is -0.117. The lowest BCUT2D eigenvalue weighted by molar-refractivity contribution is -0.135. The predicted octanol–water partition coefficient (Wildman–Crippen LogP) is 0.591. The number of amides is 2. The third kappa shape index (κ3) is 3.91. The molecule has 12 heteroatoms. The van der Waals surface area contributed by atoms with Gasteiger partial charge in [0, 0.05) is 6.04 Å². The van der Waals surface area contributed by atoms with Crippen molar-refractivity contribution in [1.82, 2.24) is 34.6 Å². The maximum Gasteiger partial charge on any atom is 0.245 e. The monoisotopic (exact) mass is 445 g/mol. The third-order valence-corrected chi connectivity index (χ3v) is 4.63. The second kappa shape index (κ2) is 7.46. The van der Waals surface area contributed by atoms with E-state index in [4.69, 9.17) is 5.73 Å². The zero-order valence-corrected chi connectivity index (χ0v) is 16.2. The van der Waals surface area contributed by atoms with Gasteiger partial charge in [0.1, 0.15) is 29.8 Å². The summed E-state index contributed by atoms with van der Waals surface area (Å²) in [4.78, 5) is 42.9. The van der Waals surface area contributed by atoms with E-state index in [1.807, 2.05) is 0 Å². The maximum absolute atomic E-state index is 12.8. The molecule has 1 aliphatic rings. The highest BCUT2D eigenvalue weighted by molar-refractivity contribution is 9.10. The molecule has 1 fully saturated rings. The van der Waals surface area contributed by atoms with Crippen LogP contribution in [-0.2, 0) is 16.1 Å². The normalized spacial score (nSPS) is 13.5. The molecule has 3 N–H and O–H groups in total. The van der Waals surface area contributed by atoms with Gasteiger partial charge in [-0.1, -0.05) is 0 Å². The Kier molecular flexibility index (Phi) is 4.86. The number of carbonyl (C=O) groups is 2. The van der Waals surface area contributed by atoms with Crippen molar-refractivity contribution in [3.8, 4) is 0 Å². The first-order valence-electron chi connectivity index (χ1n) is 8.50. The quantitative estimate of drug-likeness (QED) is 0.560. The summed E-state index contributed by atoms with van der Waals surface area (Å²) in [5.74, 6) is 0.0507. The molecule has 0 bridgehead atoms. The molecular formula is C16H16BrN9O2. The van der Waals surface area contributed by atoms with Gasteiger partial charge in [-0.3, -0.25) is 14.6 Å². The molecule has 3 heterocycles. The van der Waals surface area contributed by atoms with Gasteiger partial charge < -0.3 is 16.0 Å². The molecule has 3 aromatic rings. The number of anilines is 2. The van der Waals surface area contributed by atoms with Crippen molar-refractivity contribution < 1.29 is 9.59 Å². The highest BCUT2D eigenvalue weighted by Gasteiger charge is 2.34. The Labute approximate surface area is 167 Å². The summed E-state index contributed by atoms with van der Waals surface area (Å²) >= 11 is 3.20. The van der Waals surface area contributed by atoms with Crippen molar-refractivity contribution in [3.05, 3.63) is 29.5 Å².